The van der Waals surface area contributed by atoms with Gasteiger partial charge in [0.25, 0.3) is 0 Å². The van der Waals surface area contributed by atoms with Crippen molar-refractivity contribution >= 4 is 5.69 Å². The highest BCUT2D eigenvalue weighted by Gasteiger charge is 2.40. The summed E-state index contributed by atoms with van der Waals surface area (Å²) in [7, 11) is 0. The molecule has 0 amide bonds. The van der Waals surface area contributed by atoms with Gasteiger partial charge in [0.1, 0.15) is 11.9 Å². The number of nitrogens with zero attached hydrogens (tertiary/aromatic N) is 2. The van der Waals surface area contributed by atoms with E-state index in [1.165, 1.54) is 6.20 Å². The fourth-order valence-electron chi connectivity index (χ4n) is 2.42. The van der Waals surface area contributed by atoms with Gasteiger partial charge in [0.05, 0.1) is 4.92 Å². The molecule has 1 heterocycles. The molecule has 0 aromatic carbocycles. The molecule has 1 fully saturated rings. The molecule has 0 bridgehead atoms. The molecule has 0 radical (unpaired) electrons. The highest BCUT2D eigenvalue weighted by Crippen LogP contribution is 2.42. The van der Waals surface area contributed by atoms with Gasteiger partial charge in [0.15, 0.2) is 0 Å². The third-order valence-corrected chi connectivity index (χ3v) is 3.30. The molecule has 0 atom stereocenters. The first kappa shape index (κ1) is 10.1. The van der Waals surface area contributed by atoms with Crippen molar-refractivity contribution in [3.05, 3.63) is 22.0 Å². The van der Waals surface area contributed by atoms with Crippen molar-refractivity contribution in [3.63, 3.8) is 0 Å². The van der Waals surface area contributed by atoms with Gasteiger partial charge in [-0.3, -0.25) is 15.2 Å². The molecule has 82 valence electrons. The standard InChI is InChI=1S/C9H14N4O2/c10-6-9(3-1-2-4-9)8-7(13(14)15)5-11-12-8/h5H,1-4,6,10H2,(H,11,12). The minimum absolute atomic E-state index is 0.0716. The molecule has 1 aliphatic carbocycles. The lowest BCUT2D eigenvalue weighted by molar-refractivity contribution is -0.386. The summed E-state index contributed by atoms with van der Waals surface area (Å²) in [6.07, 6.45) is 5.24. The number of hydrogen-bond donors (Lipinski definition) is 2. The monoisotopic (exact) mass is 210 g/mol. The summed E-state index contributed by atoms with van der Waals surface area (Å²) in [5.41, 5.74) is 6.18. The zero-order chi connectivity index (χ0) is 10.9. The van der Waals surface area contributed by atoms with Gasteiger partial charge in [-0.2, -0.15) is 5.10 Å². The molecule has 1 aromatic rings. The Morgan fingerprint density at radius 1 is 1.60 bits per heavy atom. The van der Waals surface area contributed by atoms with Gasteiger partial charge in [-0.1, -0.05) is 12.8 Å². The lowest BCUT2D eigenvalue weighted by atomic mass is 9.82. The summed E-state index contributed by atoms with van der Waals surface area (Å²) in [4.78, 5) is 10.4. The van der Waals surface area contributed by atoms with Crippen molar-refractivity contribution < 1.29 is 4.92 Å². The summed E-state index contributed by atoms with van der Waals surface area (Å²) in [5.74, 6) is 0. The highest BCUT2D eigenvalue weighted by atomic mass is 16.6. The van der Waals surface area contributed by atoms with Gasteiger partial charge in [0, 0.05) is 12.0 Å². The maximum Gasteiger partial charge on any atom is 0.310 e. The molecule has 0 spiro atoms. The first-order valence-corrected chi connectivity index (χ1v) is 5.08. The van der Waals surface area contributed by atoms with E-state index < -0.39 is 4.92 Å². The summed E-state index contributed by atoms with van der Waals surface area (Å²) in [6.45, 7) is 0.441. The number of aromatic nitrogens is 2. The van der Waals surface area contributed by atoms with Gasteiger partial charge < -0.3 is 5.73 Å². The van der Waals surface area contributed by atoms with Crippen LogP contribution in [-0.4, -0.2) is 21.7 Å². The number of hydrogen-bond acceptors (Lipinski definition) is 4. The fraction of sp³-hybridized carbons (Fsp3) is 0.667. The van der Waals surface area contributed by atoms with E-state index in [9.17, 15) is 10.1 Å². The minimum atomic E-state index is -0.394. The quantitative estimate of drug-likeness (QED) is 0.576. The van der Waals surface area contributed by atoms with Crippen molar-refractivity contribution in [1.29, 1.82) is 0 Å². The number of aromatic amines is 1. The molecular formula is C9H14N4O2. The molecule has 15 heavy (non-hydrogen) atoms. The molecule has 0 saturated heterocycles. The van der Waals surface area contributed by atoms with E-state index in [1.54, 1.807) is 0 Å². The Morgan fingerprint density at radius 3 is 2.80 bits per heavy atom. The zero-order valence-corrected chi connectivity index (χ0v) is 8.40. The SMILES string of the molecule is NCC1(c2[nH]ncc2[N+](=O)[O-])CCCC1. The van der Waals surface area contributed by atoms with Crippen LogP contribution in [0.3, 0.4) is 0 Å². The summed E-state index contributed by atoms with van der Waals surface area (Å²) >= 11 is 0. The minimum Gasteiger partial charge on any atom is -0.330 e. The van der Waals surface area contributed by atoms with E-state index in [-0.39, 0.29) is 11.1 Å². The van der Waals surface area contributed by atoms with Crippen LogP contribution >= 0.6 is 0 Å². The van der Waals surface area contributed by atoms with Crippen molar-refractivity contribution in [3.8, 4) is 0 Å². The van der Waals surface area contributed by atoms with E-state index in [1.807, 2.05) is 0 Å². The lowest BCUT2D eigenvalue weighted by Gasteiger charge is -2.24. The van der Waals surface area contributed by atoms with Crippen LogP contribution in [0, 0.1) is 10.1 Å². The predicted molar refractivity (Wildman–Crippen MR) is 54.4 cm³/mol. The van der Waals surface area contributed by atoms with Crippen LogP contribution in [0.25, 0.3) is 0 Å². The second-order valence-electron chi connectivity index (χ2n) is 4.08. The second-order valence-corrected chi connectivity index (χ2v) is 4.08. The Labute approximate surface area is 87.0 Å². The van der Waals surface area contributed by atoms with Gasteiger partial charge >= 0.3 is 5.69 Å². The number of nitrogens with two attached hydrogens (primary N) is 1. The molecule has 0 unspecified atom stereocenters. The summed E-state index contributed by atoms with van der Waals surface area (Å²) in [6, 6.07) is 0. The number of rotatable bonds is 3. The highest BCUT2D eigenvalue weighted by molar-refractivity contribution is 5.39. The van der Waals surface area contributed by atoms with Crippen LogP contribution < -0.4 is 5.73 Å². The molecule has 1 saturated carbocycles. The first-order chi connectivity index (χ1) is 7.19. The smallest absolute Gasteiger partial charge is 0.310 e. The fourth-order valence-corrected chi connectivity index (χ4v) is 2.42. The maximum absolute atomic E-state index is 10.8. The molecule has 3 N–H and O–H groups in total. The van der Waals surface area contributed by atoms with Crippen LogP contribution in [0.2, 0.25) is 0 Å². The van der Waals surface area contributed by atoms with E-state index in [2.05, 4.69) is 10.2 Å². The molecule has 1 aliphatic rings. The molecule has 1 aromatic heterocycles. The van der Waals surface area contributed by atoms with E-state index >= 15 is 0 Å². The van der Waals surface area contributed by atoms with E-state index in [0.717, 1.165) is 25.7 Å². The average molecular weight is 210 g/mol. The Bertz CT molecular complexity index is 368. The van der Waals surface area contributed by atoms with Gasteiger partial charge in [-0.15, -0.1) is 0 Å². The number of nitro groups is 1. The van der Waals surface area contributed by atoms with Crippen molar-refractivity contribution in [2.75, 3.05) is 6.54 Å². The third-order valence-electron chi connectivity index (χ3n) is 3.30. The number of H-pyrrole nitrogens is 1. The van der Waals surface area contributed by atoms with Crippen LogP contribution in [0.4, 0.5) is 5.69 Å². The Kier molecular flexibility index (Phi) is 2.44. The van der Waals surface area contributed by atoms with Gasteiger partial charge in [0.2, 0.25) is 0 Å². The second kappa shape index (κ2) is 3.62. The molecule has 0 aliphatic heterocycles. The zero-order valence-electron chi connectivity index (χ0n) is 8.40. The molecule has 2 rings (SSSR count). The normalized spacial score (nSPS) is 19.3. The maximum atomic E-state index is 10.8. The van der Waals surface area contributed by atoms with E-state index in [4.69, 9.17) is 5.73 Å². The van der Waals surface area contributed by atoms with Gasteiger partial charge in [-0.25, -0.2) is 0 Å². The third kappa shape index (κ3) is 1.50. The molecule has 6 heteroatoms. The topological polar surface area (TPSA) is 97.8 Å². The Morgan fingerprint density at radius 2 is 2.27 bits per heavy atom. The van der Waals surface area contributed by atoms with Crippen molar-refractivity contribution in [2.45, 2.75) is 31.1 Å². The van der Waals surface area contributed by atoms with Crippen molar-refractivity contribution in [1.82, 2.24) is 10.2 Å². The van der Waals surface area contributed by atoms with Crippen LogP contribution in [0.5, 0.6) is 0 Å². The Hall–Kier alpha value is -1.43. The summed E-state index contributed by atoms with van der Waals surface area (Å²) < 4.78 is 0. The predicted octanol–water partition coefficient (Wildman–Crippen LogP) is 1.09. The van der Waals surface area contributed by atoms with Crippen LogP contribution in [0.1, 0.15) is 31.4 Å². The van der Waals surface area contributed by atoms with Crippen LogP contribution in [0.15, 0.2) is 6.20 Å². The summed E-state index contributed by atoms with van der Waals surface area (Å²) in [5, 5.41) is 17.3. The molecule has 6 nitrogen and oxygen atoms in total. The Balaban J connectivity index is 2.42. The van der Waals surface area contributed by atoms with Crippen molar-refractivity contribution in [2.24, 2.45) is 5.73 Å². The first-order valence-electron chi connectivity index (χ1n) is 5.08. The van der Waals surface area contributed by atoms with Gasteiger partial charge in [-0.05, 0) is 12.8 Å². The number of nitrogens with one attached hydrogen (secondary N) is 1. The molecular weight excluding hydrogens is 196 g/mol. The van der Waals surface area contributed by atoms with Crippen LogP contribution in [-0.2, 0) is 5.41 Å². The lowest BCUT2D eigenvalue weighted by Crippen LogP contribution is -2.33. The largest absolute Gasteiger partial charge is 0.330 e. The average Bonchev–Trinajstić information content (AvgIpc) is 2.87. The van der Waals surface area contributed by atoms with E-state index in [0.29, 0.717) is 12.2 Å².